The molecular weight excluding hydrogens is 346 g/mol. The average Bonchev–Trinajstić information content (AvgIpc) is 3.07. The lowest BCUT2D eigenvalue weighted by molar-refractivity contribution is -0.153. The van der Waals surface area contributed by atoms with Crippen LogP contribution in [0.2, 0.25) is 0 Å². The highest BCUT2D eigenvalue weighted by atomic mass is 16.2. The van der Waals surface area contributed by atoms with E-state index in [0.29, 0.717) is 11.8 Å². The third kappa shape index (κ3) is 2.28. The summed E-state index contributed by atoms with van der Waals surface area (Å²) in [5.74, 6) is 0.942. The molecule has 0 fully saturated rings. The average molecular weight is 382 g/mol. The molecule has 1 aromatic carbocycles. The van der Waals surface area contributed by atoms with Crippen LogP contribution in [0.3, 0.4) is 0 Å². The second kappa shape index (κ2) is 6.86. The van der Waals surface area contributed by atoms with Crippen molar-refractivity contribution in [2.24, 2.45) is 29.1 Å². The van der Waals surface area contributed by atoms with E-state index >= 15 is 0 Å². The molecule has 3 nitrogen and oxygen atoms in total. The van der Waals surface area contributed by atoms with Crippen molar-refractivity contribution in [3.63, 3.8) is 0 Å². The maximum atomic E-state index is 12.9. The highest BCUT2D eigenvalue weighted by Crippen LogP contribution is 2.71. The third-order valence-corrected chi connectivity index (χ3v) is 7.70. The minimum absolute atomic E-state index is 0.139. The molecule has 0 radical (unpaired) electrons. The Morgan fingerprint density at radius 3 is 1.64 bits per heavy atom. The molecule has 0 spiro atoms. The zero-order valence-corrected chi connectivity index (χ0v) is 18.6. The van der Waals surface area contributed by atoms with Gasteiger partial charge in [-0.3, -0.25) is 14.5 Å². The normalized spacial score (nSPS) is 23.0. The Morgan fingerprint density at radius 2 is 1.21 bits per heavy atom. The maximum absolute atomic E-state index is 12.9. The molecule has 0 bridgehead atoms. The minimum atomic E-state index is -0.254. The molecular formula is C25H35NO2. The van der Waals surface area contributed by atoms with Gasteiger partial charge in [0.25, 0.3) is 11.8 Å². The van der Waals surface area contributed by atoms with Gasteiger partial charge < -0.3 is 0 Å². The van der Waals surface area contributed by atoms with Gasteiger partial charge in [-0.15, -0.1) is 0 Å². The zero-order valence-electron chi connectivity index (χ0n) is 18.6. The largest absolute Gasteiger partial charge is 0.269 e. The Kier molecular flexibility index (Phi) is 5.10. The number of amides is 2. The number of fused-ring (bicyclic) bond motifs is 1. The van der Waals surface area contributed by atoms with Crippen LogP contribution in [0.1, 0.15) is 72.6 Å². The summed E-state index contributed by atoms with van der Waals surface area (Å²) in [6.45, 7) is 18.3. The number of benzene rings is 1. The van der Waals surface area contributed by atoms with E-state index in [-0.39, 0.29) is 40.5 Å². The van der Waals surface area contributed by atoms with Gasteiger partial charge in [0.05, 0.1) is 6.04 Å². The monoisotopic (exact) mass is 381 g/mol. The molecule has 1 atom stereocenters. The van der Waals surface area contributed by atoms with Crippen molar-refractivity contribution in [2.75, 3.05) is 0 Å². The molecule has 1 aliphatic heterocycles. The lowest BCUT2D eigenvalue weighted by Gasteiger charge is -2.60. The van der Waals surface area contributed by atoms with Crippen molar-refractivity contribution in [1.82, 2.24) is 4.90 Å². The molecule has 1 aromatic rings. The molecule has 28 heavy (non-hydrogen) atoms. The number of rotatable bonds is 5. The summed E-state index contributed by atoms with van der Waals surface area (Å²) in [5, 5.41) is 0. The first-order chi connectivity index (χ1) is 13.1. The van der Waals surface area contributed by atoms with Gasteiger partial charge in [0.1, 0.15) is 0 Å². The summed E-state index contributed by atoms with van der Waals surface area (Å²) in [7, 11) is 0. The number of carbonyl (C=O) groups is 2. The molecule has 1 aliphatic carbocycles. The van der Waals surface area contributed by atoms with Gasteiger partial charge in [-0.25, -0.2) is 0 Å². The maximum Gasteiger partial charge on any atom is 0.254 e. The van der Waals surface area contributed by atoms with E-state index in [2.05, 4.69) is 73.6 Å². The SMILES string of the molecule is CC(C)C1(C(C)C)c2ccccc2[C@H](N2C(=O)C=CC2=O)C1(C(C)C)C(C)C. The number of imide groups is 1. The smallest absolute Gasteiger partial charge is 0.254 e. The lowest BCUT2D eigenvalue weighted by atomic mass is 9.45. The zero-order chi connectivity index (χ0) is 21.0. The van der Waals surface area contributed by atoms with Gasteiger partial charge in [-0.05, 0) is 34.8 Å². The summed E-state index contributed by atoms with van der Waals surface area (Å²) >= 11 is 0. The van der Waals surface area contributed by atoms with Crippen molar-refractivity contribution in [3.05, 3.63) is 47.5 Å². The fourth-order valence-electron chi connectivity index (χ4n) is 7.39. The lowest BCUT2D eigenvalue weighted by Crippen LogP contribution is -2.60. The Balaban J connectivity index is 2.48. The first-order valence-corrected chi connectivity index (χ1v) is 10.7. The number of nitrogens with zero attached hydrogens (tertiary/aromatic N) is 1. The van der Waals surface area contributed by atoms with Crippen molar-refractivity contribution >= 4 is 11.8 Å². The molecule has 1 heterocycles. The molecule has 3 rings (SSSR count). The van der Waals surface area contributed by atoms with Crippen LogP contribution in [0, 0.1) is 29.1 Å². The van der Waals surface area contributed by atoms with E-state index < -0.39 is 0 Å². The molecule has 0 unspecified atom stereocenters. The summed E-state index contributed by atoms with van der Waals surface area (Å²) in [6, 6.07) is 8.30. The van der Waals surface area contributed by atoms with E-state index in [1.165, 1.54) is 17.7 Å². The molecule has 0 saturated heterocycles. The van der Waals surface area contributed by atoms with Gasteiger partial charge in [0.2, 0.25) is 0 Å². The van der Waals surface area contributed by atoms with Crippen molar-refractivity contribution < 1.29 is 9.59 Å². The number of carbonyl (C=O) groups excluding carboxylic acids is 2. The predicted octanol–water partition coefficient (Wildman–Crippen LogP) is 5.51. The Hall–Kier alpha value is -1.90. The van der Waals surface area contributed by atoms with E-state index in [4.69, 9.17) is 0 Å². The van der Waals surface area contributed by atoms with Gasteiger partial charge in [0, 0.05) is 23.0 Å². The molecule has 2 amide bonds. The van der Waals surface area contributed by atoms with Crippen LogP contribution in [-0.4, -0.2) is 16.7 Å². The fraction of sp³-hybridized carbons (Fsp3) is 0.600. The van der Waals surface area contributed by atoms with Gasteiger partial charge in [0.15, 0.2) is 0 Å². The molecule has 3 heteroatoms. The Bertz CT molecular complexity index is 782. The van der Waals surface area contributed by atoms with Crippen LogP contribution in [0.15, 0.2) is 36.4 Å². The highest BCUT2D eigenvalue weighted by Gasteiger charge is 2.69. The minimum Gasteiger partial charge on any atom is -0.269 e. The van der Waals surface area contributed by atoms with E-state index in [9.17, 15) is 9.59 Å². The van der Waals surface area contributed by atoms with E-state index in [0.717, 1.165) is 5.56 Å². The van der Waals surface area contributed by atoms with Gasteiger partial charge >= 0.3 is 0 Å². The number of hydrogen-bond donors (Lipinski definition) is 0. The Labute approximate surface area is 170 Å². The van der Waals surface area contributed by atoms with E-state index in [1.807, 2.05) is 6.07 Å². The summed E-state index contributed by atoms with van der Waals surface area (Å²) in [5.41, 5.74) is 2.08. The summed E-state index contributed by atoms with van der Waals surface area (Å²) in [6.07, 6.45) is 2.86. The molecule has 2 aliphatic rings. The van der Waals surface area contributed by atoms with Gasteiger partial charge in [-0.2, -0.15) is 0 Å². The third-order valence-electron chi connectivity index (χ3n) is 7.70. The van der Waals surface area contributed by atoms with Crippen LogP contribution in [0.5, 0.6) is 0 Å². The van der Waals surface area contributed by atoms with Crippen LogP contribution in [-0.2, 0) is 15.0 Å². The first-order valence-electron chi connectivity index (χ1n) is 10.7. The van der Waals surface area contributed by atoms with Crippen molar-refractivity contribution in [3.8, 4) is 0 Å². The summed E-state index contributed by atoms with van der Waals surface area (Å²) < 4.78 is 0. The van der Waals surface area contributed by atoms with Crippen LogP contribution >= 0.6 is 0 Å². The second-order valence-corrected chi connectivity index (χ2v) is 9.79. The second-order valence-electron chi connectivity index (χ2n) is 9.79. The fourth-order valence-corrected chi connectivity index (χ4v) is 7.39. The predicted molar refractivity (Wildman–Crippen MR) is 114 cm³/mol. The summed E-state index contributed by atoms with van der Waals surface area (Å²) in [4.78, 5) is 27.3. The van der Waals surface area contributed by atoms with Crippen molar-refractivity contribution in [1.29, 1.82) is 0 Å². The standard InChI is InChI=1S/C25H35NO2/c1-15(2)24(16(3)4)20-12-10-9-11-19(20)23(25(24,17(5)6)18(7)8)26-21(27)13-14-22(26)28/h9-18,23H,1-8H3/t23-/m0/s1. The molecule has 0 N–H and O–H groups in total. The molecule has 152 valence electrons. The molecule has 0 aromatic heterocycles. The molecule has 0 saturated carbocycles. The number of hydrogen-bond acceptors (Lipinski definition) is 2. The first kappa shape index (κ1) is 20.8. The van der Waals surface area contributed by atoms with Crippen LogP contribution in [0.4, 0.5) is 0 Å². The quantitative estimate of drug-likeness (QED) is 0.630. The van der Waals surface area contributed by atoms with Gasteiger partial charge in [-0.1, -0.05) is 79.7 Å². The Morgan fingerprint density at radius 1 is 0.750 bits per heavy atom. The van der Waals surface area contributed by atoms with Crippen molar-refractivity contribution in [2.45, 2.75) is 66.8 Å². The topological polar surface area (TPSA) is 37.4 Å². The van der Waals surface area contributed by atoms with Crippen LogP contribution in [0.25, 0.3) is 0 Å². The van der Waals surface area contributed by atoms with Crippen LogP contribution < -0.4 is 0 Å². The van der Waals surface area contributed by atoms with E-state index in [1.54, 1.807) is 4.90 Å². The highest BCUT2D eigenvalue weighted by molar-refractivity contribution is 6.13.